The summed E-state index contributed by atoms with van der Waals surface area (Å²) >= 11 is 1.50. The maximum Gasteiger partial charge on any atom is 0.173 e. The van der Waals surface area contributed by atoms with Gasteiger partial charge in [0.1, 0.15) is 19.0 Å². The van der Waals surface area contributed by atoms with Crippen LogP contribution in [0.5, 0.6) is 17.2 Å². The second-order valence-corrected chi connectivity index (χ2v) is 5.79. The Morgan fingerprint density at radius 3 is 2.55 bits per heavy atom. The van der Waals surface area contributed by atoms with Gasteiger partial charge in [-0.1, -0.05) is 0 Å². The quantitative estimate of drug-likeness (QED) is 0.624. The molecule has 0 saturated heterocycles. The molecule has 0 radical (unpaired) electrons. The number of Topliss-reactive ketones (excluding diaryl/α,β-unsaturated/α-hetero) is 1. The van der Waals surface area contributed by atoms with Crippen molar-refractivity contribution in [1.82, 2.24) is 0 Å². The Labute approximate surface area is 133 Å². The molecule has 2 aromatic rings. The molecule has 1 aliphatic heterocycles. The zero-order chi connectivity index (χ0) is 15.4. The lowest BCUT2D eigenvalue weighted by atomic mass is 10.1. The molecule has 0 spiro atoms. The molecule has 1 heterocycles. The predicted molar refractivity (Wildman–Crippen MR) is 85.5 cm³/mol. The van der Waals surface area contributed by atoms with Gasteiger partial charge >= 0.3 is 0 Å². The van der Waals surface area contributed by atoms with Gasteiger partial charge < -0.3 is 14.2 Å². The van der Waals surface area contributed by atoms with Gasteiger partial charge in [0, 0.05) is 10.5 Å². The summed E-state index contributed by atoms with van der Waals surface area (Å²) in [4.78, 5) is 13.3. The number of ketones is 1. The van der Waals surface area contributed by atoms with E-state index in [-0.39, 0.29) is 5.78 Å². The van der Waals surface area contributed by atoms with Crippen LogP contribution in [-0.4, -0.2) is 31.9 Å². The minimum Gasteiger partial charge on any atom is -0.497 e. The summed E-state index contributed by atoms with van der Waals surface area (Å²) in [5.74, 6) is 2.60. The molecule has 2 aromatic carbocycles. The first kappa shape index (κ1) is 14.8. The third-order valence-corrected chi connectivity index (χ3v) is 4.31. The molecule has 4 nitrogen and oxygen atoms in total. The first-order chi connectivity index (χ1) is 10.8. The number of rotatable bonds is 5. The van der Waals surface area contributed by atoms with Crippen molar-refractivity contribution >= 4 is 17.5 Å². The molecule has 5 heteroatoms. The highest BCUT2D eigenvalue weighted by Crippen LogP contribution is 2.31. The van der Waals surface area contributed by atoms with E-state index in [0.717, 1.165) is 10.6 Å². The van der Waals surface area contributed by atoms with Crippen LogP contribution in [0.4, 0.5) is 0 Å². The summed E-state index contributed by atoms with van der Waals surface area (Å²) in [5.41, 5.74) is 0.644. The summed E-state index contributed by atoms with van der Waals surface area (Å²) < 4.78 is 16.1. The first-order valence-electron chi connectivity index (χ1n) is 6.96. The topological polar surface area (TPSA) is 44.8 Å². The zero-order valence-corrected chi connectivity index (χ0v) is 13.0. The van der Waals surface area contributed by atoms with E-state index in [9.17, 15) is 4.79 Å². The van der Waals surface area contributed by atoms with Crippen LogP contribution < -0.4 is 14.2 Å². The molecule has 0 saturated carbocycles. The van der Waals surface area contributed by atoms with Crippen LogP contribution in [0.3, 0.4) is 0 Å². The lowest BCUT2D eigenvalue weighted by molar-refractivity contribution is 0.102. The van der Waals surface area contributed by atoms with E-state index in [1.807, 2.05) is 24.3 Å². The lowest BCUT2D eigenvalue weighted by Crippen LogP contribution is -2.16. The molecular weight excluding hydrogens is 300 g/mol. The van der Waals surface area contributed by atoms with Crippen molar-refractivity contribution in [2.24, 2.45) is 0 Å². The highest BCUT2D eigenvalue weighted by atomic mass is 32.2. The Kier molecular flexibility index (Phi) is 4.53. The number of fused-ring (bicyclic) bond motifs is 1. The fraction of sp³-hybridized carbons (Fsp3) is 0.235. The molecular formula is C17H16O4S. The third kappa shape index (κ3) is 3.36. The van der Waals surface area contributed by atoms with Gasteiger partial charge in [-0.3, -0.25) is 4.79 Å². The summed E-state index contributed by atoms with van der Waals surface area (Å²) in [5, 5.41) is 0. The standard InChI is InChI=1S/C17H16O4S/c1-19-13-3-5-14(6-4-13)22-11-15(18)12-2-7-16-17(10-12)21-9-8-20-16/h2-7,10H,8-9,11H2,1H3. The molecule has 0 atom stereocenters. The Hall–Kier alpha value is -2.14. The van der Waals surface area contributed by atoms with Crippen molar-refractivity contribution in [2.45, 2.75) is 4.90 Å². The van der Waals surface area contributed by atoms with Crippen LogP contribution >= 0.6 is 11.8 Å². The number of carbonyl (C=O) groups excluding carboxylic acids is 1. The lowest BCUT2D eigenvalue weighted by Gasteiger charge is -2.18. The van der Waals surface area contributed by atoms with E-state index >= 15 is 0 Å². The Morgan fingerprint density at radius 1 is 1.09 bits per heavy atom. The summed E-state index contributed by atoms with van der Waals surface area (Å²) in [6.07, 6.45) is 0. The largest absolute Gasteiger partial charge is 0.497 e. The van der Waals surface area contributed by atoms with Gasteiger partial charge in [0.25, 0.3) is 0 Å². The predicted octanol–water partition coefficient (Wildman–Crippen LogP) is 3.44. The molecule has 0 aliphatic carbocycles. The van der Waals surface area contributed by atoms with Crippen molar-refractivity contribution in [3.05, 3.63) is 48.0 Å². The highest BCUT2D eigenvalue weighted by Gasteiger charge is 2.15. The van der Waals surface area contributed by atoms with E-state index < -0.39 is 0 Å². The van der Waals surface area contributed by atoms with Gasteiger partial charge in [0.2, 0.25) is 0 Å². The molecule has 114 valence electrons. The number of hydrogen-bond acceptors (Lipinski definition) is 5. The monoisotopic (exact) mass is 316 g/mol. The zero-order valence-electron chi connectivity index (χ0n) is 12.2. The minimum atomic E-state index is 0.0674. The SMILES string of the molecule is COc1ccc(SCC(=O)c2ccc3c(c2)OCCO3)cc1. The van der Waals surface area contributed by atoms with E-state index in [2.05, 4.69) is 0 Å². The van der Waals surface area contributed by atoms with Crippen LogP contribution in [0.15, 0.2) is 47.4 Å². The molecule has 0 bridgehead atoms. The molecule has 3 rings (SSSR count). The average molecular weight is 316 g/mol. The third-order valence-electron chi connectivity index (χ3n) is 3.29. The van der Waals surface area contributed by atoms with Gasteiger partial charge in [-0.05, 0) is 42.5 Å². The van der Waals surface area contributed by atoms with Crippen LogP contribution in [0.25, 0.3) is 0 Å². The van der Waals surface area contributed by atoms with E-state index in [1.165, 1.54) is 11.8 Å². The van der Waals surface area contributed by atoms with Crippen molar-refractivity contribution in [1.29, 1.82) is 0 Å². The van der Waals surface area contributed by atoms with E-state index in [4.69, 9.17) is 14.2 Å². The number of benzene rings is 2. The van der Waals surface area contributed by atoms with Gasteiger partial charge in [-0.15, -0.1) is 11.8 Å². The minimum absolute atomic E-state index is 0.0674. The summed E-state index contributed by atoms with van der Waals surface area (Å²) in [6.45, 7) is 1.07. The molecule has 1 aliphatic rings. The Bertz CT molecular complexity index is 667. The van der Waals surface area contributed by atoms with Gasteiger partial charge in [-0.25, -0.2) is 0 Å². The van der Waals surface area contributed by atoms with Crippen molar-refractivity contribution in [3.63, 3.8) is 0 Å². The van der Waals surface area contributed by atoms with Crippen LogP contribution in [0.1, 0.15) is 10.4 Å². The number of thioether (sulfide) groups is 1. The maximum absolute atomic E-state index is 12.3. The first-order valence-corrected chi connectivity index (χ1v) is 7.94. The number of methoxy groups -OCH3 is 1. The molecule has 0 N–H and O–H groups in total. The van der Waals surface area contributed by atoms with Crippen molar-refractivity contribution in [3.8, 4) is 17.2 Å². The number of ether oxygens (including phenoxy) is 3. The normalized spacial score (nSPS) is 12.8. The number of hydrogen-bond donors (Lipinski definition) is 0. The second-order valence-electron chi connectivity index (χ2n) is 4.75. The molecule has 0 unspecified atom stereocenters. The molecule has 0 amide bonds. The van der Waals surface area contributed by atoms with Gasteiger partial charge in [-0.2, -0.15) is 0 Å². The van der Waals surface area contributed by atoms with Gasteiger partial charge in [0.05, 0.1) is 12.9 Å². The fourth-order valence-electron chi connectivity index (χ4n) is 2.12. The summed E-state index contributed by atoms with van der Waals surface area (Å²) in [7, 11) is 1.63. The smallest absolute Gasteiger partial charge is 0.173 e. The average Bonchev–Trinajstić information content (AvgIpc) is 2.59. The van der Waals surface area contributed by atoms with Crippen molar-refractivity contribution < 1.29 is 19.0 Å². The van der Waals surface area contributed by atoms with Crippen LogP contribution in [-0.2, 0) is 0 Å². The van der Waals surface area contributed by atoms with E-state index in [0.29, 0.717) is 36.0 Å². The van der Waals surface area contributed by atoms with Crippen molar-refractivity contribution in [2.75, 3.05) is 26.1 Å². The highest BCUT2D eigenvalue weighted by molar-refractivity contribution is 8.00. The maximum atomic E-state index is 12.3. The van der Waals surface area contributed by atoms with Crippen LogP contribution in [0, 0.1) is 0 Å². The fourth-order valence-corrected chi connectivity index (χ4v) is 2.91. The molecule has 0 fully saturated rings. The summed E-state index contributed by atoms with van der Waals surface area (Å²) in [6, 6.07) is 13.0. The second kappa shape index (κ2) is 6.75. The number of carbonyl (C=O) groups is 1. The molecule has 22 heavy (non-hydrogen) atoms. The molecule has 0 aromatic heterocycles. The van der Waals surface area contributed by atoms with Crippen LogP contribution in [0.2, 0.25) is 0 Å². The Morgan fingerprint density at radius 2 is 1.82 bits per heavy atom. The van der Waals surface area contributed by atoms with Gasteiger partial charge in [0.15, 0.2) is 17.3 Å². The van der Waals surface area contributed by atoms with E-state index in [1.54, 1.807) is 25.3 Å². The Balaban J connectivity index is 1.64.